The van der Waals surface area contributed by atoms with Gasteiger partial charge in [0.05, 0.1) is 6.04 Å². The highest BCUT2D eigenvalue weighted by atomic mass is 16.4. The number of carbonyl (C=O) groups excluding carboxylic acids is 2. The lowest BCUT2D eigenvalue weighted by Gasteiger charge is -2.23. The topological polar surface area (TPSA) is 174 Å². The summed E-state index contributed by atoms with van der Waals surface area (Å²) in [5.74, 6) is -2.13. The fourth-order valence-corrected chi connectivity index (χ4v) is 1.99. The molecule has 9 nitrogen and oxygen atoms in total. The summed E-state index contributed by atoms with van der Waals surface area (Å²) in [5, 5.41) is 14.1. The summed E-state index contributed by atoms with van der Waals surface area (Å²) in [6.07, 6.45) is 0.756. The lowest BCUT2D eigenvalue weighted by molar-refractivity contribution is -0.142. The molecule has 0 aromatic carbocycles. The second kappa shape index (κ2) is 10.9. The molecular formula is C14H29N5O4. The van der Waals surface area contributed by atoms with Crippen LogP contribution in [0.25, 0.3) is 0 Å². The van der Waals surface area contributed by atoms with Crippen LogP contribution in [0.2, 0.25) is 0 Å². The number of nitrogens with one attached hydrogen (secondary N) is 2. The van der Waals surface area contributed by atoms with Gasteiger partial charge in [-0.25, -0.2) is 4.79 Å². The first kappa shape index (κ1) is 21.3. The normalized spacial score (nSPS) is 14.9. The zero-order valence-corrected chi connectivity index (χ0v) is 13.7. The van der Waals surface area contributed by atoms with Crippen LogP contribution in [0.3, 0.4) is 0 Å². The average Bonchev–Trinajstić information content (AvgIpc) is 2.45. The lowest BCUT2D eigenvalue weighted by atomic mass is 10.0. The molecule has 0 aromatic rings. The van der Waals surface area contributed by atoms with Crippen molar-refractivity contribution in [3.05, 3.63) is 0 Å². The number of amides is 2. The monoisotopic (exact) mass is 331 g/mol. The third-order valence-electron chi connectivity index (χ3n) is 3.22. The molecule has 0 saturated heterocycles. The average molecular weight is 331 g/mol. The van der Waals surface area contributed by atoms with Crippen LogP contribution in [0.15, 0.2) is 0 Å². The molecule has 0 aliphatic rings. The molecule has 3 atom stereocenters. The van der Waals surface area contributed by atoms with Crippen LogP contribution in [0.4, 0.5) is 0 Å². The summed E-state index contributed by atoms with van der Waals surface area (Å²) < 4.78 is 0. The first-order chi connectivity index (χ1) is 10.7. The van der Waals surface area contributed by atoms with Gasteiger partial charge in [-0.05, 0) is 38.3 Å². The number of aliphatic carboxylic acids is 1. The first-order valence-electron chi connectivity index (χ1n) is 7.72. The van der Waals surface area contributed by atoms with Crippen molar-refractivity contribution in [3.63, 3.8) is 0 Å². The minimum atomic E-state index is -1.12. The van der Waals surface area contributed by atoms with E-state index in [1.165, 1.54) is 0 Å². The van der Waals surface area contributed by atoms with Crippen molar-refractivity contribution in [3.8, 4) is 0 Å². The van der Waals surface area contributed by atoms with Crippen molar-refractivity contribution < 1.29 is 19.5 Å². The molecule has 9 N–H and O–H groups in total. The van der Waals surface area contributed by atoms with Crippen LogP contribution in [0.5, 0.6) is 0 Å². The summed E-state index contributed by atoms with van der Waals surface area (Å²) in [6, 6.07) is -2.76. The molecule has 2 amide bonds. The Morgan fingerprint density at radius 3 is 1.91 bits per heavy atom. The second-order valence-corrected chi connectivity index (χ2v) is 5.85. The highest BCUT2D eigenvalue weighted by Crippen LogP contribution is 2.06. The van der Waals surface area contributed by atoms with Crippen LogP contribution >= 0.6 is 0 Å². The Balaban J connectivity index is 4.82. The van der Waals surface area contributed by atoms with Gasteiger partial charge in [-0.15, -0.1) is 0 Å². The summed E-state index contributed by atoms with van der Waals surface area (Å²) in [4.78, 5) is 35.3. The van der Waals surface area contributed by atoms with E-state index in [1.54, 1.807) is 0 Å². The molecule has 0 aliphatic carbocycles. The van der Waals surface area contributed by atoms with Gasteiger partial charge in [0.1, 0.15) is 12.1 Å². The number of carboxylic acids is 1. The van der Waals surface area contributed by atoms with Crippen LogP contribution < -0.4 is 27.8 Å². The minimum Gasteiger partial charge on any atom is -0.480 e. The van der Waals surface area contributed by atoms with Gasteiger partial charge >= 0.3 is 5.97 Å². The van der Waals surface area contributed by atoms with Crippen molar-refractivity contribution in [1.82, 2.24) is 10.6 Å². The molecule has 0 aliphatic heterocycles. The van der Waals surface area contributed by atoms with E-state index in [-0.39, 0.29) is 38.3 Å². The summed E-state index contributed by atoms with van der Waals surface area (Å²) in [5.41, 5.74) is 16.4. The zero-order chi connectivity index (χ0) is 18.0. The molecule has 9 heteroatoms. The molecule has 0 heterocycles. The van der Waals surface area contributed by atoms with Crippen LogP contribution in [0.1, 0.15) is 33.1 Å². The molecule has 0 unspecified atom stereocenters. The van der Waals surface area contributed by atoms with Crippen molar-refractivity contribution in [2.24, 2.45) is 23.1 Å². The Kier molecular flexibility index (Phi) is 10.1. The standard InChI is InChI=1S/C14H29N5O4/c1-8(2)7-11(14(22)23)19-13(21)10(4-6-16)18-12(20)9(17)3-5-15/h8-11H,3-7,15-17H2,1-2H3,(H,18,20)(H,19,21)(H,22,23)/t9-,10-,11-/m0/s1. The molecule has 0 rings (SSSR count). The molecular weight excluding hydrogens is 302 g/mol. The molecule has 0 radical (unpaired) electrons. The minimum absolute atomic E-state index is 0.0944. The number of rotatable bonds is 11. The third-order valence-corrected chi connectivity index (χ3v) is 3.22. The van der Waals surface area contributed by atoms with Gasteiger partial charge in [-0.3, -0.25) is 9.59 Å². The number of carboxylic acid groups (broad SMARTS) is 1. The summed E-state index contributed by atoms with van der Waals surface area (Å²) in [7, 11) is 0. The second-order valence-electron chi connectivity index (χ2n) is 5.85. The predicted octanol–water partition coefficient (Wildman–Crippen LogP) is -1.89. The number of hydrogen-bond donors (Lipinski definition) is 6. The number of nitrogens with two attached hydrogens (primary N) is 3. The maximum absolute atomic E-state index is 12.2. The van der Waals surface area contributed by atoms with Gasteiger partial charge < -0.3 is 32.9 Å². The van der Waals surface area contributed by atoms with Gasteiger partial charge in [0.2, 0.25) is 11.8 Å². The van der Waals surface area contributed by atoms with Crippen LogP contribution in [-0.4, -0.2) is 54.1 Å². The molecule has 23 heavy (non-hydrogen) atoms. The third kappa shape index (κ3) is 8.48. The smallest absolute Gasteiger partial charge is 0.326 e. The fraction of sp³-hybridized carbons (Fsp3) is 0.786. The fourth-order valence-electron chi connectivity index (χ4n) is 1.99. The molecule has 0 bridgehead atoms. The van der Waals surface area contributed by atoms with Gasteiger partial charge in [-0.2, -0.15) is 0 Å². The quantitative estimate of drug-likeness (QED) is 0.256. The van der Waals surface area contributed by atoms with E-state index >= 15 is 0 Å². The maximum atomic E-state index is 12.2. The van der Waals surface area contributed by atoms with Crippen molar-refractivity contribution in [2.45, 2.75) is 51.2 Å². The maximum Gasteiger partial charge on any atom is 0.326 e. The highest BCUT2D eigenvalue weighted by molar-refractivity contribution is 5.91. The largest absolute Gasteiger partial charge is 0.480 e. The molecule has 134 valence electrons. The van der Waals surface area contributed by atoms with E-state index in [4.69, 9.17) is 22.3 Å². The number of hydrogen-bond acceptors (Lipinski definition) is 6. The van der Waals surface area contributed by atoms with Crippen LogP contribution in [-0.2, 0) is 14.4 Å². The van der Waals surface area contributed by atoms with Crippen molar-refractivity contribution in [1.29, 1.82) is 0 Å². The molecule has 0 aromatic heterocycles. The van der Waals surface area contributed by atoms with E-state index in [0.29, 0.717) is 0 Å². The lowest BCUT2D eigenvalue weighted by Crippen LogP contribution is -2.55. The Morgan fingerprint density at radius 2 is 1.48 bits per heavy atom. The SMILES string of the molecule is CC(C)C[C@H](NC(=O)[C@H](CCN)NC(=O)[C@@H](N)CCN)C(=O)O. The zero-order valence-electron chi connectivity index (χ0n) is 13.7. The molecule has 0 spiro atoms. The van der Waals surface area contributed by atoms with Gasteiger partial charge in [-0.1, -0.05) is 13.8 Å². The molecule has 0 fully saturated rings. The number of carbonyl (C=O) groups is 3. The van der Waals surface area contributed by atoms with E-state index in [2.05, 4.69) is 10.6 Å². The van der Waals surface area contributed by atoms with E-state index in [0.717, 1.165) is 0 Å². The van der Waals surface area contributed by atoms with Gasteiger partial charge in [0, 0.05) is 0 Å². The Morgan fingerprint density at radius 1 is 0.957 bits per heavy atom. The molecule has 0 saturated carbocycles. The summed E-state index contributed by atoms with van der Waals surface area (Å²) in [6.45, 7) is 4.12. The van der Waals surface area contributed by atoms with Crippen molar-refractivity contribution >= 4 is 17.8 Å². The van der Waals surface area contributed by atoms with Gasteiger partial charge in [0.25, 0.3) is 0 Å². The Labute approximate surface area is 136 Å². The van der Waals surface area contributed by atoms with E-state index in [9.17, 15) is 14.4 Å². The van der Waals surface area contributed by atoms with E-state index in [1.807, 2.05) is 13.8 Å². The van der Waals surface area contributed by atoms with Gasteiger partial charge in [0.15, 0.2) is 0 Å². The Bertz CT molecular complexity index is 403. The van der Waals surface area contributed by atoms with Crippen molar-refractivity contribution in [2.75, 3.05) is 13.1 Å². The van der Waals surface area contributed by atoms with E-state index < -0.39 is 35.9 Å². The summed E-state index contributed by atoms with van der Waals surface area (Å²) >= 11 is 0. The first-order valence-corrected chi connectivity index (χ1v) is 7.72. The Hall–Kier alpha value is -1.71. The highest BCUT2D eigenvalue weighted by Gasteiger charge is 2.27. The predicted molar refractivity (Wildman–Crippen MR) is 86.3 cm³/mol. The van der Waals surface area contributed by atoms with Crippen LogP contribution in [0, 0.1) is 5.92 Å².